The number of hydrogen-bond donors (Lipinski definition) is 2. The van der Waals surface area contributed by atoms with Crippen LogP contribution in [0.4, 0.5) is 4.39 Å². The van der Waals surface area contributed by atoms with Crippen LogP contribution in [0.1, 0.15) is 63.0 Å². The summed E-state index contributed by atoms with van der Waals surface area (Å²) in [5.74, 6) is 0.0710. The van der Waals surface area contributed by atoms with Crippen molar-refractivity contribution in [3.05, 3.63) is 35.1 Å². The monoisotopic (exact) mass is 571 g/mol. The van der Waals surface area contributed by atoms with Crippen molar-refractivity contribution >= 4 is 39.8 Å². The maximum atomic E-state index is 13.6. The molecule has 0 saturated heterocycles. The Hall–Kier alpha value is -0.940. The molecule has 0 atom stereocenters. The van der Waals surface area contributed by atoms with Gasteiger partial charge < -0.3 is 15.4 Å². The Morgan fingerprint density at radius 1 is 1.03 bits per heavy atom. The number of halogens is 2. The third-order valence-electron chi connectivity index (χ3n) is 4.66. The fourth-order valence-corrected chi connectivity index (χ4v) is 3.90. The number of nitrogens with one attached hydrogen (secondary N) is 2. The van der Waals surface area contributed by atoms with Crippen LogP contribution in [0.3, 0.4) is 0 Å². The largest absolute Gasteiger partial charge is 0.381 e. The molecule has 0 fully saturated rings. The van der Waals surface area contributed by atoms with Gasteiger partial charge in [0.25, 0.3) is 0 Å². The number of sulfone groups is 1. The summed E-state index contributed by atoms with van der Waals surface area (Å²) in [6.07, 6.45) is 9.57. The molecule has 0 heterocycles. The van der Waals surface area contributed by atoms with Gasteiger partial charge in [-0.2, -0.15) is 0 Å². The van der Waals surface area contributed by atoms with Crippen LogP contribution >= 0.6 is 24.0 Å². The molecule has 31 heavy (non-hydrogen) atoms. The van der Waals surface area contributed by atoms with Crippen LogP contribution in [-0.2, 0) is 26.9 Å². The fourth-order valence-electron chi connectivity index (χ4n) is 3.05. The number of aliphatic imine (C=N–C) groups is 1. The van der Waals surface area contributed by atoms with Crippen LogP contribution in [0.15, 0.2) is 23.2 Å². The van der Waals surface area contributed by atoms with Crippen molar-refractivity contribution in [3.63, 3.8) is 0 Å². The average Bonchev–Trinajstić information content (AvgIpc) is 2.69. The van der Waals surface area contributed by atoms with E-state index in [2.05, 4.69) is 22.5 Å². The molecule has 0 unspecified atom stereocenters. The topological polar surface area (TPSA) is 79.8 Å². The normalized spacial score (nSPS) is 11.8. The molecule has 2 N–H and O–H groups in total. The summed E-state index contributed by atoms with van der Waals surface area (Å²) in [4.78, 5) is 4.15. The van der Waals surface area contributed by atoms with Crippen molar-refractivity contribution in [2.45, 2.75) is 64.2 Å². The zero-order valence-electron chi connectivity index (χ0n) is 19.1. The third-order valence-corrected chi connectivity index (χ3v) is 5.49. The van der Waals surface area contributed by atoms with E-state index in [1.54, 1.807) is 7.05 Å². The molecule has 0 saturated carbocycles. The second kappa shape index (κ2) is 17.6. The van der Waals surface area contributed by atoms with Crippen LogP contribution in [0, 0.1) is 5.82 Å². The van der Waals surface area contributed by atoms with E-state index < -0.39 is 15.7 Å². The van der Waals surface area contributed by atoms with Crippen LogP contribution in [0.5, 0.6) is 0 Å². The lowest BCUT2D eigenvalue weighted by Gasteiger charge is -2.14. The summed E-state index contributed by atoms with van der Waals surface area (Å²) in [6.45, 7) is 4.72. The van der Waals surface area contributed by atoms with E-state index in [4.69, 9.17) is 4.74 Å². The zero-order valence-corrected chi connectivity index (χ0v) is 22.2. The number of nitrogens with zero attached hydrogens (tertiary/aromatic N) is 1. The van der Waals surface area contributed by atoms with Crippen LogP contribution in [0.2, 0.25) is 0 Å². The standard InChI is InChI=1S/C22H38FN3O3S.HI/c1-4-5-6-7-8-9-14-29-15-10-13-25-22(24-2)26-17-20-16-21(23)12-11-19(20)18-30(3,27)28;/h11-12,16H,4-10,13-15,17-18H2,1-3H3,(H2,24,25,26);1H. The van der Waals surface area contributed by atoms with Gasteiger partial charge in [-0.1, -0.05) is 45.1 Å². The maximum Gasteiger partial charge on any atom is 0.191 e. The molecule has 0 bridgehead atoms. The van der Waals surface area contributed by atoms with Crippen LogP contribution in [-0.4, -0.2) is 47.4 Å². The minimum Gasteiger partial charge on any atom is -0.381 e. The minimum absolute atomic E-state index is 0. The summed E-state index contributed by atoms with van der Waals surface area (Å²) in [5, 5.41) is 6.31. The van der Waals surface area contributed by atoms with Gasteiger partial charge in [0.05, 0.1) is 5.75 Å². The van der Waals surface area contributed by atoms with Gasteiger partial charge >= 0.3 is 0 Å². The number of rotatable bonds is 15. The Balaban J connectivity index is 0.00000900. The number of guanidine groups is 1. The molecule has 0 amide bonds. The molecule has 0 aliphatic rings. The quantitative estimate of drug-likeness (QED) is 0.141. The third kappa shape index (κ3) is 15.5. The van der Waals surface area contributed by atoms with E-state index in [1.165, 1.54) is 56.6 Å². The molecule has 0 aromatic heterocycles. The molecule has 0 aliphatic carbocycles. The Morgan fingerprint density at radius 2 is 1.71 bits per heavy atom. The Morgan fingerprint density at radius 3 is 2.39 bits per heavy atom. The van der Waals surface area contributed by atoms with Crippen LogP contribution in [0.25, 0.3) is 0 Å². The number of hydrogen-bond acceptors (Lipinski definition) is 4. The fraction of sp³-hybridized carbons (Fsp3) is 0.682. The van der Waals surface area contributed by atoms with Gasteiger partial charge in [-0.25, -0.2) is 12.8 Å². The number of ether oxygens (including phenoxy) is 1. The SMILES string of the molecule is CCCCCCCCOCCCNC(=NC)NCc1cc(F)ccc1CS(C)(=O)=O.I. The van der Waals surface area contributed by atoms with Crippen molar-refractivity contribution in [2.24, 2.45) is 4.99 Å². The van der Waals surface area contributed by atoms with Gasteiger partial charge in [0.2, 0.25) is 0 Å². The lowest BCUT2D eigenvalue weighted by atomic mass is 10.1. The molecule has 0 aliphatic heterocycles. The zero-order chi connectivity index (χ0) is 22.2. The Kier molecular flexibility index (Phi) is 17.1. The first-order valence-electron chi connectivity index (χ1n) is 10.8. The van der Waals surface area contributed by atoms with Crippen molar-refractivity contribution in [1.82, 2.24) is 10.6 Å². The van der Waals surface area contributed by atoms with Gasteiger partial charge in [0.1, 0.15) is 5.82 Å². The summed E-state index contributed by atoms with van der Waals surface area (Å²) in [6, 6.07) is 4.16. The van der Waals surface area contributed by atoms with Crippen molar-refractivity contribution < 1.29 is 17.5 Å². The van der Waals surface area contributed by atoms with Gasteiger partial charge in [0.15, 0.2) is 15.8 Å². The van der Waals surface area contributed by atoms with E-state index in [0.717, 1.165) is 19.4 Å². The van der Waals surface area contributed by atoms with E-state index in [0.29, 0.717) is 30.2 Å². The molecule has 1 rings (SSSR count). The predicted molar refractivity (Wildman–Crippen MR) is 137 cm³/mol. The van der Waals surface area contributed by atoms with Crippen molar-refractivity contribution in [1.29, 1.82) is 0 Å². The summed E-state index contributed by atoms with van der Waals surface area (Å²) in [5.41, 5.74) is 1.19. The van der Waals surface area contributed by atoms with E-state index >= 15 is 0 Å². The predicted octanol–water partition coefficient (Wildman–Crippen LogP) is 4.42. The molecular weight excluding hydrogens is 532 g/mol. The first kappa shape index (κ1) is 30.1. The smallest absolute Gasteiger partial charge is 0.191 e. The molecule has 9 heteroatoms. The summed E-state index contributed by atoms with van der Waals surface area (Å²) < 4.78 is 42.5. The highest BCUT2D eigenvalue weighted by Crippen LogP contribution is 2.14. The Labute approximate surface area is 204 Å². The van der Waals surface area contributed by atoms with E-state index in [-0.39, 0.29) is 36.3 Å². The first-order chi connectivity index (χ1) is 14.4. The van der Waals surface area contributed by atoms with E-state index in [1.807, 2.05) is 0 Å². The number of benzene rings is 1. The van der Waals surface area contributed by atoms with Crippen molar-refractivity contribution in [2.75, 3.05) is 33.1 Å². The number of unbranched alkanes of at least 4 members (excludes halogenated alkanes) is 5. The highest BCUT2D eigenvalue weighted by atomic mass is 127. The highest BCUT2D eigenvalue weighted by Gasteiger charge is 2.11. The van der Waals surface area contributed by atoms with Crippen molar-refractivity contribution in [3.8, 4) is 0 Å². The highest BCUT2D eigenvalue weighted by molar-refractivity contribution is 14.0. The second-order valence-corrected chi connectivity index (χ2v) is 9.71. The second-order valence-electron chi connectivity index (χ2n) is 7.57. The molecule has 180 valence electrons. The molecule has 1 aromatic carbocycles. The minimum atomic E-state index is -3.20. The molecule has 6 nitrogen and oxygen atoms in total. The average molecular weight is 572 g/mol. The molecule has 1 aromatic rings. The lowest BCUT2D eigenvalue weighted by molar-refractivity contribution is 0.128. The van der Waals surface area contributed by atoms with Gasteiger partial charge in [-0.15, -0.1) is 24.0 Å². The van der Waals surface area contributed by atoms with Gasteiger partial charge in [-0.3, -0.25) is 4.99 Å². The first-order valence-corrected chi connectivity index (χ1v) is 12.9. The molecule has 0 spiro atoms. The molecule has 0 radical (unpaired) electrons. The lowest BCUT2D eigenvalue weighted by Crippen LogP contribution is -2.37. The Bertz CT molecular complexity index is 746. The summed E-state index contributed by atoms with van der Waals surface area (Å²) in [7, 11) is -1.54. The summed E-state index contributed by atoms with van der Waals surface area (Å²) >= 11 is 0. The molecular formula is C22H39FIN3O3S. The van der Waals surface area contributed by atoms with Crippen LogP contribution < -0.4 is 10.6 Å². The maximum absolute atomic E-state index is 13.6. The van der Waals surface area contributed by atoms with Gasteiger partial charge in [-0.05, 0) is 36.1 Å². The van der Waals surface area contributed by atoms with E-state index in [9.17, 15) is 12.8 Å². The van der Waals surface area contributed by atoms with Gasteiger partial charge in [0, 0.05) is 39.6 Å².